The van der Waals surface area contributed by atoms with Gasteiger partial charge in [-0.15, -0.1) is 0 Å². The third kappa shape index (κ3) is 3.91. The van der Waals surface area contributed by atoms with Gasteiger partial charge in [0.25, 0.3) is 0 Å². The molecule has 0 aliphatic heterocycles. The van der Waals surface area contributed by atoms with Crippen molar-refractivity contribution in [3.05, 3.63) is 58.9 Å². The van der Waals surface area contributed by atoms with E-state index in [9.17, 15) is 9.59 Å². The Labute approximate surface area is 129 Å². The molecule has 0 atom stereocenters. The van der Waals surface area contributed by atoms with Crippen LogP contribution in [0, 0.1) is 13.8 Å². The van der Waals surface area contributed by atoms with Crippen molar-refractivity contribution < 1.29 is 14.3 Å². The SMILES string of the molecule is COC(=O)c1cc(NC(=O)Cc2ccc(C)nc2)ccc1C. The first-order chi connectivity index (χ1) is 10.5. The summed E-state index contributed by atoms with van der Waals surface area (Å²) in [5, 5.41) is 2.78. The molecule has 0 spiro atoms. The largest absolute Gasteiger partial charge is 0.465 e. The second kappa shape index (κ2) is 6.85. The van der Waals surface area contributed by atoms with Crippen molar-refractivity contribution in [3.63, 3.8) is 0 Å². The summed E-state index contributed by atoms with van der Waals surface area (Å²) in [4.78, 5) is 27.9. The normalized spacial score (nSPS) is 10.1. The molecule has 1 aromatic heterocycles. The van der Waals surface area contributed by atoms with Gasteiger partial charge in [-0.1, -0.05) is 12.1 Å². The number of hydrogen-bond donors (Lipinski definition) is 1. The summed E-state index contributed by atoms with van der Waals surface area (Å²) in [5.74, 6) is -0.582. The highest BCUT2D eigenvalue weighted by Crippen LogP contribution is 2.16. The van der Waals surface area contributed by atoms with Gasteiger partial charge in [-0.2, -0.15) is 0 Å². The Morgan fingerprint density at radius 1 is 1.18 bits per heavy atom. The van der Waals surface area contributed by atoms with Gasteiger partial charge in [-0.05, 0) is 43.2 Å². The molecule has 0 aliphatic rings. The van der Waals surface area contributed by atoms with Crippen LogP contribution in [0.3, 0.4) is 0 Å². The van der Waals surface area contributed by atoms with Crippen LogP contribution in [-0.2, 0) is 16.0 Å². The van der Waals surface area contributed by atoms with E-state index in [1.165, 1.54) is 7.11 Å². The first-order valence-corrected chi connectivity index (χ1v) is 6.90. The number of aromatic nitrogens is 1. The Hall–Kier alpha value is -2.69. The van der Waals surface area contributed by atoms with Crippen molar-refractivity contribution in [2.45, 2.75) is 20.3 Å². The van der Waals surface area contributed by atoms with E-state index in [4.69, 9.17) is 4.74 Å². The van der Waals surface area contributed by atoms with Gasteiger partial charge in [0.1, 0.15) is 0 Å². The lowest BCUT2D eigenvalue weighted by Gasteiger charge is -2.09. The summed E-state index contributed by atoms with van der Waals surface area (Å²) in [6.07, 6.45) is 1.92. The van der Waals surface area contributed by atoms with Gasteiger partial charge < -0.3 is 10.1 Å². The molecule has 1 amide bonds. The molecular weight excluding hydrogens is 280 g/mol. The topological polar surface area (TPSA) is 68.3 Å². The summed E-state index contributed by atoms with van der Waals surface area (Å²) in [6, 6.07) is 8.88. The Morgan fingerprint density at radius 2 is 1.95 bits per heavy atom. The maximum Gasteiger partial charge on any atom is 0.338 e. The van der Waals surface area contributed by atoms with E-state index in [2.05, 4.69) is 10.3 Å². The van der Waals surface area contributed by atoms with Crippen LogP contribution < -0.4 is 5.32 Å². The van der Waals surface area contributed by atoms with Gasteiger partial charge >= 0.3 is 5.97 Å². The van der Waals surface area contributed by atoms with Crippen LogP contribution in [-0.4, -0.2) is 24.0 Å². The quantitative estimate of drug-likeness (QED) is 0.881. The number of pyridine rings is 1. The van der Waals surface area contributed by atoms with E-state index in [-0.39, 0.29) is 12.3 Å². The van der Waals surface area contributed by atoms with Crippen LogP contribution in [0.2, 0.25) is 0 Å². The number of nitrogens with one attached hydrogen (secondary N) is 1. The number of carbonyl (C=O) groups is 2. The second-order valence-corrected chi connectivity index (χ2v) is 5.05. The highest BCUT2D eigenvalue weighted by molar-refractivity contribution is 5.96. The molecule has 0 aliphatic carbocycles. The Bertz CT molecular complexity index is 694. The van der Waals surface area contributed by atoms with Crippen molar-refractivity contribution in [3.8, 4) is 0 Å². The van der Waals surface area contributed by atoms with Crippen molar-refractivity contribution in [2.75, 3.05) is 12.4 Å². The standard InChI is InChI=1S/C17H18N2O3/c1-11-4-7-14(9-15(11)17(21)22-3)19-16(20)8-13-6-5-12(2)18-10-13/h4-7,9-10H,8H2,1-3H3,(H,19,20). The second-order valence-electron chi connectivity index (χ2n) is 5.05. The van der Waals surface area contributed by atoms with Gasteiger partial charge in [0, 0.05) is 17.6 Å². The molecule has 0 saturated heterocycles. The third-order valence-electron chi connectivity index (χ3n) is 3.26. The monoisotopic (exact) mass is 298 g/mol. The van der Waals surface area contributed by atoms with Crippen LogP contribution in [0.4, 0.5) is 5.69 Å². The molecule has 5 heteroatoms. The molecule has 0 fully saturated rings. The lowest BCUT2D eigenvalue weighted by molar-refractivity contribution is -0.115. The predicted molar refractivity (Wildman–Crippen MR) is 83.8 cm³/mol. The number of anilines is 1. The summed E-state index contributed by atoms with van der Waals surface area (Å²) >= 11 is 0. The average Bonchev–Trinajstić information content (AvgIpc) is 2.50. The molecule has 2 rings (SSSR count). The number of carbonyl (C=O) groups excluding carboxylic acids is 2. The highest BCUT2D eigenvalue weighted by atomic mass is 16.5. The molecule has 114 valence electrons. The Balaban J connectivity index is 2.08. The number of amides is 1. The number of nitrogens with zero attached hydrogens (tertiary/aromatic N) is 1. The maximum absolute atomic E-state index is 12.0. The smallest absolute Gasteiger partial charge is 0.338 e. The molecule has 0 unspecified atom stereocenters. The molecule has 0 bridgehead atoms. The van der Waals surface area contributed by atoms with E-state index < -0.39 is 5.97 Å². The van der Waals surface area contributed by atoms with E-state index in [0.29, 0.717) is 11.3 Å². The van der Waals surface area contributed by atoms with E-state index in [0.717, 1.165) is 16.8 Å². The molecule has 0 saturated carbocycles. The molecule has 1 N–H and O–H groups in total. The number of benzene rings is 1. The number of rotatable bonds is 4. The predicted octanol–water partition coefficient (Wildman–Crippen LogP) is 2.67. The minimum absolute atomic E-state index is 0.162. The molecular formula is C17H18N2O3. The number of hydrogen-bond acceptors (Lipinski definition) is 4. The van der Waals surface area contributed by atoms with Crippen LogP contribution in [0.5, 0.6) is 0 Å². The summed E-state index contributed by atoms with van der Waals surface area (Å²) in [7, 11) is 1.33. The first kappa shape index (κ1) is 15.7. The fourth-order valence-corrected chi connectivity index (χ4v) is 2.02. The van der Waals surface area contributed by atoms with E-state index >= 15 is 0 Å². The molecule has 2 aromatic rings. The van der Waals surface area contributed by atoms with Gasteiger partial charge in [0.05, 0.1) is 19.1 Å². The fraction of sp³-hybridized carbons (Fsp3) is 0.235. The maximum atomic E-state index is 12.0. The molecule has 22 heavy (non-hydrogen) atoms. The Kier molecular flexibility index (Phi) is 4.88. The molecule has 1 aromatic carbocycles. The average molecular weight is 298 g/mol. The lowest BCUT2D eigenvalue weighted by Crippen LogP contribution is -2.15. The van der Waals surface area contributed by atoms with Gasteiger partial charge in [0.2, 0.25) is 5.91 Å². The Morgan fingerprint density at radius 3 is 2.59 bits per heavy atom. The van der Waals surface area contributed by atoms with E-state index in [1.807, 2.05) is 26.0 Å². The number of ether oxygens (including phenoxy) is 1. The van der Waals surface area contributed by atoms with Crippen molar-refractivity contribution >= 4 is 17.6 Å². The zero-order valence-electron chi connectivity index (χ0n) is 12.8. The van der Waals surface area contributed by atoms with Gasteiger partial charge in [0.15, 0.2) is 0 Å². The van der Waals surface area contributed by atoms with Crippen molar-refractivity contribution in [2.24, 2.45) is 0 Å². The molecule has 1 heterocycles. The number of methoxy groups -OCH3 is 1. The zero-order chi connectivity index (χ0) is 16.1. The number of esters is 1. The van der Waals surface area contributed by atoms with Crippen LogP contribution in [0.25, 0.3) is 0 Å². The molecule has 0 radical (unpaired) electrons. The lowest BCUT2D eigenvalue weighted by atomic mass is 10.1. The summed E-state index contributed by atoms with van der Waals surface area (Å²) in [5.41, 5.74) is 3.55. The van der Waals surface area contributed by atoms with Gasteiger partial charge in [-0.25, -0.2) is 4.79 Å². The van der Waals surface area contributed by atoms with E-state index in [1.54, 1.807) is 24.4 Å². The number of aryl methyl sites for hydroxylation is 2. The minimum Gasteiger partial charge on any atom is -0.465 e. The summed E-state index contributed by atoms with van der Waals surface area (Å²) in [6.45, 7) is 3.71. The first-order valence-electron chi connectivity index (χ1n) is 6.90. The third-order valence-corrected chi connectivity index (χ3v) is 3.26. The highest BCUT2D eigenvalue weighted by Gasteiger charge is 2.11. The van der Waals surface area contributed by atoms with Crippen molar-refractivity contribution in [1.82, 2.24) is 4.98 Å². The molecule has 5 nitrogen and oxygen atoms in total. The van der Waals surface area contributed by atoms with Crippen molar-refractivity contribution in [1.29, 1.82) is 0 Å². The minimum atomic E-state index is -0.420. The van der Waals surface area contributed by atoms with Crippen LogP contribution >= 0.6 is 0 Å². The fourth-order valence-electron chi connectivity index (χ4n) is 2.02. The zero-order valence-corrected chi connectivity index (χ0v) is 12.8. The van der Waals surface area contributed by atoms with Gasteiger partial charge in [-0.3, -0.25) is 9.78 Å². The summed E-state index contributed by atoms with van der Waals surface area (Å²) < 4.78 is 4.72. The van der Waals surface area contributed by atoms with Crippen LogP contribution in [0.1, 0.15) is 27.2 Å². The van der Waals surface area contributed by atoms with Crippen LogP contribution in [0.15, 0.2) is 36.5 Å².